The molecule has 0 aliphatic carbocycles. The van der Waals surface area contributed by atoms with Crippen LogP contribution in [0.1, 0.15) is 41.0 Å². The molecule has 1 fully saturated rings. The van der Waals surface area contributed by atoms with E-state index in [1.54, 1.807) is 0 Å². The third-order valence-corrected chi connectivity index (χ3v) is 2.81. The molecule has 0 aromatic heterocycles. The van der Waals surface area contributed by atoms with Crippen molar-refractivity contribution in [3.05, 3.63) is 0 Å². The van der Waals surface area contributed by atoms with Crippen LogP contribution in [0.4, 0.5) is 0 Å². The molecule has 0 aromatic rings. The summed E-state index contributed by atoms with van der Waals surface area (Å²) in [5.74, 6) is -0.181. The largest absolute Gasteiger partial charge is 0.465 e. The SMILES string of the molecule is CCC1OC1C(C)(C)COC(=O)C(C)C. The maximum absolute atomic E-state index is 11.3. The van der Waals surface area contributed by atoms with Crippen molar-refractivity contribution >= 4 is 5.97 Å². The number of hydrogen-bond donors (Lipinski definition) is 0. The lowest BCUT2D eigenvalue weighted by Crippen LogP contribution is -2.29. The van der Waals surface area contributed by atoms with Gasteiger partial charge in [0.25, 0.3) is 0 Å². The van der Waals surface area contributed by atoms with Crippen LogP contribution in [0.3, 0.4) is 0 Å². The van der Waals surface area contributed by atoms with Crippen molar-refractivity contribution in [3.63, 3.8) is 0 Å². The van der Waals surface area contributed by atoms with Gasteiger partial charge in [0.1, 0.15) is 0 Å². The van der Waals surface area contributed by atoms with Gasteiger partial charge in [-0.15, -0.1) is 0 Å². The zero-order valence-electron chi connectivity index (χ0n) is 10.4. The lowest BCUT2D eigenvalue weighted by molar-refractivity contribution is -0.150. The van der Waals surface area contributed by atoms with Gasteiger partial charge in [-0.05, 0) is 6.42 Å². The lowest BCUT2D eigenvalue weighted by Gasteiger charge is -2.22. The maximum Gasteiger partial charge on any atom is 0.308 e. The Hall–Kier alpha value is -0.570. The number of hydrogen-bond acceptors (Lipinski definition) is 3. The number of ether oxygens (including phenoxy) is 2. The molecule has 88 valence electrons. The van der Waals surface area contributed by atoms with Crippen LogP contribution in [0.25, 0.3) is 0 Å². The summed E-state index contributed by atoms with van der Waals surface area (Å²) in [5, 5.41) is 0. The highest BCUT2D eigenvalue weighted by atomic mass is 16.6. The molecule has 0 spiro atoms. The summed E-state index contributed by atoms with van der Waals surface area (Å²) in [4.78, 5) is 11.3. The summed E-state index contributed by atoms with van der Waals surface area (Å²) in [5.41, 5.74) is -0.0643. The van der Waals surface area contributed by atoms with E-state index in [0.717, 1.165) is 6.42 Å². The molecule has 2 atom stereocenters. The zero-order valence-corrected chi connectivity index (χ0v) is 10.4. The van der Waals surface area contributed by atoms with E-state index in [-0.39, 0.29) is 23.4 Å². The van der Waals surface area contributed by atoms with Crippen LogP contribution in [0.5, 0.6) is 0 Å². The fourth-order valence-electron chi connectivity index (χ4n) is 1.65. The summed E-state index contributed by atoms with van der Waals surface area (Å²) in [6.07, 6.45) is 1.65. The lowest BCUT2D eigenvalue weighted by atomic mass is 9.88. The summed E-state index contributed by atoms with van der Waals surface area (Å²) in [6.45, 7) is 10.4. The highest BCUT2D eigenvalue weighted by Gasteiger charge is 2.48. The van der Waals surface area contributed by atoms with Crippen molar-refractivity contribution in [1.82, 2.24) is 0 Å². The number of carbonyl (C=O) groups is 1. The molecule has 1 aliphatic rings. The Bertz CT molecular complexity index is 233. The summed E-state index contributed by atoms with van der Waals surface area (Å²) >= 11 is 0. The maximum atomic E-state index is 11.3. The molecule has 1 rings (SSSR count). The van der Waals surface area contributed by atoms with Crippen molar-refractivity contribution < 1.29 is 14.3 Å². The van der Waals surface area contributed by atoms with E-state index in [2.05, 4.69) is 20.8 Å². The van der Waals surface area contributed by atoms with E-state index in [1.807, 2.05) is 13.8 Å². The van der Waals surface area contributed by atoms with Gasteiger partial charge in [0.2, 0.25) is 0 Å². The summed E-state index contributed by atoms with van der Waals surface area (Å²) < 4.78 is 10.8. The predicted octanol–water partition coefficient (Wildman–Crippen LogP) is 2.39. The highest BCUT2D eigenvalue weighted by molar-refractivity contribution is 5.71. The third-order valence-electron chi connectivity index (χ3n) is 2.81. The van der Waals surface area contributed by atoms with Crippen molar-refractivity contribution in [2.75, 3.05) is 6.61 Å². The van der Waals surface area contributed by atoms with Gasteiger partial charge in [-0.3, -0.25) is 4.79 Å². The van der Waals surface area contributed by atoms with Crippen molar-refractivity contribution in [1.29, 1.82) is 0 Å². The summed E-state index contributed by atoms with van der Waals surface area (Å²) in [7, 11) is 0. The quantitative estimate of drug-likeness (QED) is 0.521. The average molecular weight is 214 g/mol. The Morgan fingerprint density at radius 1 is 1.47 bits per heavy atom. The second-order valence-corrected chi connectivity index (χ2v) is 5.25. The second-order valence-electron chi connectivity index (χ2n) is 5.25. The van der Waals surface area contributed by atoms with Gasteiger partial charge in [0.05, 0.1) is 24.7 Å². The van der Waals surface area contributed by atoms with Crippen LogP contribution in [0.15, 0.2) is 0 Å². The van der Waals surface area contributed by atoms with E-state index >= 15 is 0 Å². The monoisotopic (exact) mass is 214 g/mol. The molecule has 0 amide bonds. The van der Waals surface area contributed by atoms with E-state index < -0.39 is 0 Å². The molecule has 0 aromatic carbocycles. The number of esters is 1. The average Bonchev–Trinajstić information content (AvgIpc) is 2.93. The Morgan fingerprint density at radius 2 is 2.07 bits per heavy atom. The number of epoxide rings is 1. The smallest absolute Gasteiger partial charge is 0.308 e. The molecule has 3 nitrogen and oxygen atoms in total. The van der Waals surface area contributed by atoms with Crippen molar-refractivity contribution in [3.8, 4) is 0 Å². The minimum Gasteiger partial charge on any atom is -0.465 e. The minimum atomic E-state index is -0.128. The summed E-state index contributed by atoms with van der Waals surface area (Å²) in [6, 6.07) is 0. The molecule has 2 unspecified atom stereocenters. The number of carbonyl (C=O) groups excluding carboxylic acids is 1. The van der Waals surface area contributed by atoms with Crippen molar-refractivity contribution in [2.45, 2.75) is 53.2 Å². The van der Waals surface area contributed by atoms with Gasteiger partial charge in [0, 0.05) is 5.41 Å². The molecule has 1 heterocycles. The molecule has 1 aliphatic heterocycles. The first-order valence-electron chi connectivity index (χ1n) is 5.70. The number of rotatable bonds is 5. The van der Waals surface area contributed by atoms with Crippen LogP contribution in [-0.2, 0) is 14.3 Å². The molecule has 0 saturated carbocycles. The fourth-order valence-corrected chi connectivity index (χ4v) is 1.65. The van der Waals surface area contributed by atoms with Gasteiger partial charge in [-0.1, -0.05) is 34.6 Å². The van der Waals surface area contributed by atoms with Gasteiger partial charge in [0.15, 0.2) is 0 Å². The molecular formula is C12H22O3. The first-order valence-corrected chi connectivity index (χ1v) is 5.70. The standard InChI is InChI=1S/C12H22O3/c1-6-9-10(15-9)12(4,5)7-14-11(13)8(2)3/h8-10H,6-7H2,1-5H3. The van der Waals surface area contributed by atoms with Crippen LogP contribution in [0, 0.1) is 11.3 Å². The van der Waals surface area contributed by atoms with Gasteiger partial charge in [-0.25, -0.2) is 0 Å². The minimum absolute atomic E-state index is 0.0529. The van der Waals surface area contributed by atoms with Crippen LogP contribution >= 0.6 is 0 Å². The molecule has 0 N–H and O–H groups in total. The Balaban J connectivity index is 2.34. The Morgan fingerprint density at radius 3 is 2.47 bits per heavy atom. The Kier molecular flexibility index (Phi) is 3.77. The van der Waals surface area contributed by atoms with E-state index in [9.17, 15) is 4.79 Å². The zero-order chi connectivity index (χ0) is 11.6. The van der Waals surface area contributed by atoms with Crippen molar-refractivity contribution in [2.24, 2.45) is 11.3 Å². The molecular weight excluding hydrogens is 192 g/mol. The fraction of sp³-hybridized carbons (Fsp3) is 0.917. The van der Waals surface area contributed by atoms with Crippen LogP contribution in [0.2, 0.25) is 0 Å². The second kappa shape index (κ2) is 4.52. The van der Waals surface area contributed by atoms with E-state index in [4.69, 9.17) is 9.47 Å². The first kappa shape index (κ1) is 12.5. The first-order chi connectivity index (χ1) is 6.88. The Labute approximate surface area is 92.1 Å². The normalized spacial score (nSPS) is 25.5. The highest BCUT2D eigenvalue weighted by Crippen LogP contribution is 2.40. The van der Waals surface area contributed by atoms with E-state index in [1.165, 1.54) is 0 Å². The van der Waals surface area contributed by atoms with Gasteiger partial charge < -0.3 is 9.47 Å². The molecule has 15 heavy (non-hydrogen) atoms. The third kappa shape index (κ3) is 3.20. The van der Waals surface area contributed by atoms with Crippen LogP contribution < -0.4 is 0 Å². The molecule has 0 radical (unpaired) electrons. The molecule has 3 heteroatoms. The van der Waals surface area contributed by atoms with E-state index in [0.29, 0.717) is 12.7 Å². The van der Waals surface area contributed by atoms with Gasteiger partial charge >= 0.3 is 5.97 Å². The topological polar surface area (TPSA) is 38.8 Å². The molecule has 0 bridgehead atoms. The van der Waals surface area contributed by atoms with Crippen LogP contribution in [-0.4, -0.2) is 24.8 Å². The van der Waals surface area contributed by atoms with Gasteiger partial charge in [-0.2, -0.15) is 0 Å². The predicted molar refractivity (Wildman–Crippen MR) is 58.5 cm³/mol. The molecule has 1 saturated heterocycles.